The summed E-state index contributed by atoms with van der Waals surface area (Å²) in [5.74, 6) is 1.29. The molecule has 198 valence electrons. The fraction of sp³-hybridized carbons (Fsp3) is 0.533. The van der Waals surface area contributed by atoms with E-state index in [4.69, 9.17) is 9.47 Å². The van der Waals surface area contributed by atoms with Crippen molar-refractivity contribution in [2.45, 2.75) is 78.1 Å². The zero-order valence-corrected chi connectivity index (χ0v) is 22.9. The Balaban J connectivity index is 1.54. The monoisotopic (exact) mass is 496 g/mol. The van der Waals surface area contributed by atoms with Crippen LogP contribution >= 0.6 is 0 Å². The first-order valence-electron chi connectivity index (χ1n) is 13.0. The van der Waals surface area contributed by atoms with Gasteiger partial charge in [-0.3, -0.25) is 9.59 Å². The highest BCUT2D eigenvalue weighted by Crippen LogP contribution is 2.31. The molecule has 2 aromatic carbocycles. The number of amides is 2. The summed E-state index contributed by atoms with van der Waals surface area (Å²) in [6, 6.07) is 15.7. The van der Waals surface area contributed by atoms with Gasteiger partial charge in [-0.25, -0.2) is 0 Å². The minimum atomic E-state index is -0.112. The molecule has 6 nitrogen and oxygen atoms in total. The van der Waals surface area contributed by atoms with Crippen LogP contribution in [0.5, 0.6) is 11.5 Å². The summed E-state index contributed by atoms with van der Waals surface area (Å²) in [6.07, 6.45) is 3.76. The van der Waals surface area contributed by atoms with Crippen molar-refractivity contribution in [3.05, 3.63) is 59.7 Å². The van der Waals surface area contributed by atoms with Crippen LogP contribution in [0, 0.1) is 0 Å². The van der Waals surface area contributed by atoms with Crippen LogP contribution in [0.25, 0.3) is 0 Å². The Morgan fingerprint density at radius 1 is 0.611 bits per heavy atom. The second kappa shape index (κ2) is 13.9. The first kappa shape index (κ1) is 29.2. The van der Waals surface area contributed by atoms with Gasteiger partial charge in [0.2, 0.25) is 0 Å². The molecular formula is C30H44N2O4. The molecule has 0 saturated heterocycles. The molecule has 0 heterocycles. The van der Waals surface area contributed by atoms with E-state index in [1.54, 1.807) is 0 Å². The average Bonchev–Trinajstić information content (AvgIpc) is 2.82. The second-order valence-electron chi connectivity index (χ2n) is 11.2. The highest BCUT2D eigenvalue weighted by Gasteiger charge is 2.19. The number of hydrogen-bond donors (Lipinski definition) is 2. The van der Waals surface area contributed by atoms with Gasteiger partial charge in [0.25, 0.3) is 11.8 Å². The lowest BCUT2D eigenvalue weighted by Gasteiger charge is -2.22. The van der Waals surface area contributed by atoms with Gasteiger partial charge in [0, 0.05) is 13.1 Å². The average molecular weight is 497 g/mol. The number of carbonyl (C=O) groups is 2. The standard InChI is InChI=1S/C30H44N2O4/c1-29(2,3)23-15-9-11-17-25(23)35-21-27(33)31-19-13-7-8-14-20-32-28(34)22-36-26-18-12-10-16-24(26)30(4,5)6/h9-12,15-18H,7-8,13-14,19-22H2,1-6H3,(H,31,33)(H,32,34). The SMILES string of the molecule is CC(C)(C)c1ccccc1OCC(=O)NCCCCCCNC(=O)COc1ccccc1C(C)(C)C. The fourth-order valence-electron chi connectivity index (χ4n) is 3.87. The van der Waals surface area contributed by atoms with Gasteiger partial charge in [-0.05, 0) is 46.9 Å². The van der Waals surface area contributed by atoms with Gasteiger partial charge in [0.05, 0.1) is 0 Å². The first-order chi connectivity index (χ1) is 17.0. The molecule has 36 heavy (non-hydrogen) atoms. The topological polar surface area (TPSA) is 76.7 Å². The predicted octanol–water partition coefficient (Wildman–Crippen LogP) is 5.53. The van der Waals surface area contributed by atoms with Gasteiger partial charge in [-0.15, -0.1) is 0 Å². The normalized spacial score (nSPS) is 11.6. The molecule has 0 aromatic heterocycles. The van der Waals surface area contributed by atoms with Crippen molar-refractivity contribution in [2.75, 3.05) is 26.3 Å². The molecule has 0 fully saturated rings. The van der Waals surface area contributed by atoms with E-state index in [0.717, 1.165) is 48.3 Å². The van der Waals surface area contributed by atoms with Gasteiger partial charge in [0.15, 0.2) is 13.2 Å². The molecule has 2 N–H and O–H groups in total. The summed E-state index contributed by atoms with van der Waals surface area (Å²) in [4.78, 5) is 24.3. The van der Waals surface area contributed by atoms with Crippen molar-refractivity contribution in [2.24, 2.45) is 0 Å². The zero-order chi connectivity index (χ0) is 26.6. The molecule has 0 aliphatic rings. The van der Waals surface area contributed by atoms with Crippen molar-refractivity contribution in [3.63, 3.8) is 0 Å². The third-order valence-corrected chi connectivity index (χ3v) is 5.86. The van der Waals surface area contributed by atoms with E-state index in [2.05, 4.69) is 52.2 Å². The van der Waals surface area contributed by atoms with E-state index in [1.165, 1.54) is 0 Å². The molecule has 0 aliphatic carbocycles. The van der Waals surface area contributed by atoms with Gasteiger partial charge in [-0.2, -0.15) is 0 Å². The molecule has 6 heteroatoms. The Bertz CT molecular complexity index is 894. The van der Waals surface area contributed by atoms with Crippen molar-refractivity contribution >= 4 is 11.8 Å². The number of unbranched alkanes of at least 4 members (excludes halogenated alkanes) is 3. The van der Waals surface area contributed by atoms with E-state index in [0.29, 0.717) is 13.1 Å². The summed E-state index contributed by atoms with van der Waals surface area (Å²) >= 11 is 0. The molecule has 2 amide bonds. The van der Waals surface area contributed by atoms with E-state index in [9.17, 15) is 9.59 Å². The smallest absolute Gasteiger partial charge is 0.257 e. The molecule has 0 bridgehead atoms. The van der Waals surface area contributed by atoms with Crippen LogP contribution in [0.1, 0.15) is 78.4 Å². The summed E-state index contributed by atoms with van der Waals surface area (Å²) in [7, 11) is 0. The van der Waals surface area contributed by atoms with Crippen LogP contribution in [0.15, 0.2) is 48.5 Å². The number of benzene rings is 2. The molecule has 0 aliphatic heterocycles. The fourth-order valence-corrected chi connectivity index (χ4v) is 3.87. The summed E-state index contributed by atoms with van der Waals surface area (Å²) in [5.41, 5.74) is 2.09. The molecular weight excluding hydrogens is 452 g/mol. The zero-order valence-electron chi connectivity index (χ0n) is 22.9. The lowest BCUT2D eigenvalue weighted by atomic mass is 9.86. The maximum absolute atomic E-state index is 12.1. The first-order valence-corrected chi connectivity index (χ1v) is 13.0. The van der Waals surface area contributed by atoms with Crippen LogP contribution in [-0.4, -0.2) is 38.1 Å². The summed E-state index contributed by atoms with van der Waals surface area (Å²) in [5, 5.41) is 5.83. The van der Waals surface area contributed by atoms with Crippen molar-refractivity contribution < 1.29 is 19.1 Å². The molecule has 0 spiro atoms. The molecule has 0 radical (unpaired) electrons. The van der Waals surface area contributed by atoms with Crippen molar-refractivity contribution in [1.29, 1.82) is 0 Å². The van der Waals surface area contributed by atoms with Crippen LogP contribution in [-0.2, 0) is 20.4 Å². The highest BCUT2D eigenvalue weighted by molar-refractivity contribution is 5.77. The number of carbonyl (C=O) groups excluding carboxylic acids is 2. The predicted molar refractivity (Wildman–Crippen MR) is 146 cm³/mol. The van der Waals surface area contributed by atoms with E-state index >= 15 is 0 Å². The van der Waals surface area contributed by atoms with Gasteiger partial charge < -0.3 is 20.1 Å². The Hall–Kier alpha value is -3.02. The number of para-hydroxylation sites is 2. The Morgan fingerprint density at radius 3 is 1.33 bits per heavy atom. The quantitative estimate of drug-likeness (QED) is 0.357. The summed E-state index contributed by atoms with van der Waals surface area (Å²) in [6.45, 7) is 14.0. The van der Waals surface area contributed by atoms with E-state index in [-0.39, 0.29) is 35.9 Å². The molecule has 0 unspecified atom stereocenters. The Labute approximate surface area is 217 Å². The third-order valence-electron chi connectivity index (χ3n) is 5.86. The number of hydrogen-bond acceptors (Lipinski definition) is 4. The van der Waals surface area contributed by atoms with Crippen molar-refractivity contribution in [1.82, 2.24) is 10.6 Å². The highest BCUT2D eigenvalue weighted by atomic mass is 16.5. The Morgan fingerprint density at radius 2 is 0.972 bits per heavy atom. The van der Waals surface area contributed by atoms with Crippen LogP contribution in [0.2, 0.25) is 0 Å². The van der Waals surface area contributed by atoms with Crippen LogP contribution in [0.4, 0.5) is 0 Å². The van der Waals surface area contributed by atoms with E-state index < -0.39 is 0 Å². The van der Waals surface area contributed by atoms with Crippen LogP contribution < -0.4 is 20.1 Å². The largest absolute Gasteiger partial charge is 0.483 e. The maximum atomic E-state index is 12.1. The molecule has 2 rings (SSSR count). The number of nitrogens with one attached hydrogen (secondary N) is 2. The molecule has 0 atom stereocenters. The van der Waals surface area contributed by atoms with Gasteiger partial charge in [0.1, 0.15) is 11.5 Å². The van der Waals surface area contributed by atoms with Gasteiger partial charge in [-0.1, -0.05) is 90.8 Å². The Kier molecular flexibility index (Phi) is 11.3. The number of ether oxygens (including phenoxy) is 2. The minimum Gasteiger partial charge on any atom is -0.483 e. The minimum absolute atomic E-state index is 0.0153. The second-order valence-corrected chi connectivity index (χ2v) is 11.2. The van der Waals surface area contributed by atoms with Gasteiger partial charge >= 0.3 is 0 Å². The maximum Gasteiger partial charge on any atom is 0.257 e. The molecule has 0 saturated carbocycles. The van der Waals surface area contributed by atoms with Crippen LogP contribution in [0.3, 0.4) is 0 Å². The van der Waals surface area contributed by atoms with Crippen molar-refractivity contribution in [3.8, 4) is 11.5 Å². The lowest BCUT2D eigenvalue weighted by molar-refractivity contribution is -0.123. The number of rotatable bonds is 13. The summed E-state index contributed by atoms with van der Waals surface area (Å²) < 4.78 is 11.5. The lowest BCUT2D eigenvalue weighted by Crippen LogP contribution is -2.30. The third kappa shape index (κ3) is 10.3. The molecule has 2 aromatic rings. The van der Waals surface area contributed by atoms with E-state index in [1.807, 2.05) is 48.5 Å².